The lowest BCUT2D eigenvalue weighted by atomic mass is 9.96. The molecule has 0 atom stereocenters. The summed E-state index contributed by atoms with van der Waals surface area (Å²) in [5, 5.41) is 0. The van der Waals surface area contributed by atoms with E-state index in [0.29, 0.717) is 38.1 Å². The predicted octanol–water partition coefficient (Wildman–Crippen LogP) is 6.05. The van der Waals surface area contributed by atoms with Crippen LogP contribution in [0.4, 0.5) is 0 Å². The van der Waals surface area contributed by atoms with E-state index in [9.17, 15) is 9.59 Å². The van der Waals surface area contributed by atoms with Crippen molar-refractivity contribution in [1.29, 1.82) is 0 Å². The van der Waals surface area contributed by atoms with Crippen molar-refractivity contribution < 1.29 is 14.3 Å². The van der Waals surface area contributed by atoms with Gasteiger partial charge in [-0.3, -0.25) is 9.59 Å². The number of hydrogen-bond donors (Lipinski definition) is 0. The fourth-order valence-corrected chi connectivity index (χ4v) is 3.82. The molecule has 1 aliphatic rings. The number of piperidine rings is 1. The second-order valence-electron chi connectivity index (χ2n) is 8.40. The summed E-state index contributed by atoms with van der Waals surface area (Å²) in [4.78, 5) is 25.8. The molecule has 0 N–H and O–H groups in total. The first-order chi connectivity index (χ1) is 13.6. The van der Waals surface area contributed by atoms with Gasteiger partial charge in [-0.05, 0) is 26.2 Å². The number of nitrogens with zero attached hydrogens (tertiary/aromatic N) is 1. The normalized spacial score (nSPS) is 14.9. The van der Waals surface area contributed by atoms with Crippen LogP contribution in [-0.4, -0.2) is 36.5 Å². The molecule has 1 aliphatic heterocycles. The van der Waals surface area contributed by atoms with Crippen LogP contribution in [0.25, 0.3) is 0 Å². The van der Waals surface area contributed by atoms with Crippen LogP contribution < -0.4 is 0 Å². The minimum atomic E-state index is -0.0782. The van der Waals surface area contributed by atoms with Crippen LogP contribution >= 0.6 is 0 Å². The minimum absolute atomic E-state index is 0.00307. The number of carbonyl (C=O) groups is 2. The summed E-state index contributed by atoms with van der Waals surface area (Å²) in [5.74, 6) is -0.125. The Morgan fingerprint density at radius 1 is 0.857 bits per heavy atom. The van der Waals surface area contributed by atoms with E-state index in [1.165, 1.54) is 64.2 Å². The molecule has 28 heavy (non-hydrogen) atoms. The molecule has 0 aromatic heterocycles. The summed E-state index contributed by atoms with van der Waals surface area (Å²) in [6, 6.07) is 0. The number of unbranched alkanes of at least 4 members (excludes halogenated alkanes) is 11. The van der Waals surface area contributed by atoms with Gasteiger partial charge in [0.25, 0.3) is 0 Å². The first kappa shape index (κ1) is 24.7. The highest BCUT2D eigenvalue weighted by Crippen LogP contribution is 2.20. The molecule has 4 nitrogen and oxygen atoms in total. The van der Waals surface area contributed by atoms with Crippen LogP contribution in [0, 0.1) is 5.92 Å². The zero-order valence-electron chi connectivity index (χ0n) is 18.5. The fraction of sp³-hybridized carbons (Fsp3) is 0.833. The van der Waals surface area contributed by atoms with E-state index in [-0.39, 0.29) is 17.8 Å². The average Bonchev–Trinajstić information content (AvgIpc) is 2.70. The number of rotatable bonds is 15. The van der Waals surface area contributed by atoms with E-state index in [1.807, 2.05) is 0 Å². The number of ether oxygens (including phenoxy) is 1. The van der Waals surface area contributed by atoms with Crippen LogP contribution in [0.15, 0.2) is 12.2 Å². The summed E-state index contributed by atoms with van der Waals surface area (Å²) in [6.45, 7) is 9.50. The summed E-state index contributed by atoms with van der Waals surface area (Å²) in [7, 11) is 0. The molecule has 1 rings (SSSR count). The molecule has 162 valence electrons. The van der Waals surface area contributed by atoms with Gasteiger partial charge in [-0.1, -0.05) is 84.1 Å². The van der Waals surface area contributed by atoms with Crippen molar-refractivity contribution in [3.05, 3.63) is 12.2 Å². The van der Waals surface area contributed by atoms with Crippen LogP contribution in [0.3, 0.4) is 0 Å². The maximum atomic E-state index is 12.2. The summed E-state index contributed by atoms with van der Waals surface area (Å²) in [5.41, 5.74) is 0.563. The second-order valence-corrected chi connectivity index (χ2v) is 8.40. The third-order valence-corrected chi connectivity index (χ3v) is 5.72. The molecule has 0 aliphatic carbocycles. The quantitative estimate of drug-likeness (QED) is 0.193. The number of esters is 1. The van der Waals surface area contributed by atoms with Gasteiger partial charge in [-0.25, -0.2) is 0 Å². The summed E-state index contributed by atoms with van der Waals surface area (Å²) < 4.78 is 5.46. The molecule has 0 saturated carbocycles. The molecule has 1 fully saturated rings. The Hall–Kier alpha value is -1.32. The van der Waals surface area contributed by atoms with E-state index in [0.717, 1.165) is 12.8 Å². The Kier molecular flexibility index (Phi) is 13.8. The lowest BCUT2D eigenvalue weighted by Gasteiger charge is -2.31. The second kappa shape index (κ2) is 15.6. The zero-order chi connectivity index (χ0) is 20.6. The molecule has 1 saturated heterocycles. The topological polar surface area (TPSA) is 46.6 Å². The van der Waals surface area contributed by atoms with Gasteiger partial charge >= 0.3 is 5.97 Å². The van der Waals surface area contributed by atoms with Crippen LogP contribution in [0.1, 0.15) is 104 Å². The average molecular weight is 394 g/mol. The number of likely N-dealkylation sites (tertiary alicyclic amines) is 1. The lowest BCUT2D eigenvalue weighted by molar-refractivity contribution is -0.151. The predicted molar refractivity (Wildman–Crippen MR) is 116 cm³/mol. The Balaban J connectivity index is 1.92. The number of hydrogen-bond acceptors (Lipinski definition) is 3. The molecular formula is C24H43NO3. The van der Waals surface area contributed by atoms with Gasteiger partial charge in [0.15, 0.2) is 0 Å². The zero-order valence-corrected chi connectivity index (χ0v) is 18.5. The molecule has 0 aromatic rings. The lowest BCUT2D eigenvalue weighted by Crippen LogP contribution is -2.40. The Labute approximate surface area is 173 Å². The molecule has 0 radical (unpaired) electrons. The number of carbonyl (C=O) groups excluding carboxylic acids is 2. The standard InChI is InChI=1S/C24H43NO3/c1-4-5-6-7-8-9-10-11-12-13-14-15-20-28-24(27)22-16-18-25(19-17-22)23(26)21(2)3/h22H,2,4-20H2,1,3H3. The third-order valence-electron chi connectivity index (χ3n) is 5.72. The van der Waals surface area contributed by atoms with Crippen LogP contribution in [0.2, 0.25) is 0 Å². The molecular weight excluding hydrogens is 350 g/mol. The van der Waals surface area contributed by atoms with Crippen molar-refractivity contribution in [3.8, 4) is 0 Å². The summed E-state index contributed by atoms with van der Waals surface area (Å²) in [6.07, 6.45) is 17.1. The van der Waals surface area contributed by atoms with Gasteiger partial charge in [0, 0.05) is 18.7 Å². The highest BCUT2D eigenvalue weighted by atomic mass is 16.5. The Morgan fingerprint density at radius 2 is 1.32 bits per heavy atom. The van der Waals surface area contributed by atoms with Gasteiger partial charge in [-0.2, -0.15) is 0 Å². The van der Waals surface area contributed by atoms with Gasteiger partial charge < -0.3 is 9.64 Å². The third kappa shape index (κ3) is 10.9. The maximum Gasteiger partial charge on any atom is 0.309 e. The molecule has 4 heteroatoms. The Morgan fingerprint density at radius 3 is 1.79 bits per heavy atom. The SMILES string of the molecule is C=C(C)C(=O)N1CCC(C(=O)OCCCCCCCCCCCCCC)CC1. The van der Waals surface area contributed by atoms with E-state index < -0.39 is 0 Å². The molecule has 1 heterocycles. The van der Waals surface area contributed by atoms with Crippen LogP contribution in [-0.2, 0) is 14.3 Å². The molecule has 0 spiro atoms. The van der Waals surface area contributed by atoms with E-state index >= 15 is 0 Å². The molecule has 0 unspecified atom stereocenters. The van der Waals surface area contributed by atoms with Gasteiger partial charge in [-0.15, -0.1) is 0 Å². The van der Waals surface area contributed by atoms with Crippen molar-refractivity contribution >= 4 is 11.9 Å². The first-order valence-electron chi connectivity index (χ1n) is 11.7. The van der Waals surface area contributed by atoms with E-state index in [4.69, 9.17) is 4.74 Å². The van der Waals surface area contributed by atoms with E-state index in [1.54, 1.807) is 11.8 Å². The van der Waals surface area contributed by atoms with Gasteiger partial charge in [0.05, 0.1) is 12.5 Å². The minimum Gasteiger partial charge on any atom is -0.465 e. The molecule has 0 aromatic carbocycles. The Bertz CT molecular complexity index is 453. The molecule has 1 amide bonds. The van der Waals surface area contributed by atoms with Crippen molar-refractivity contribution in [2.24, 2.45) is 5.92 Å². The molecule has 0 bridgehead atoms. The van der Waals surface area contributed by atoms with Crippen molar-refractivity contribution in [1.82, 2.24) is 4.90 Å². The number of amides is 1. The fourth-order valence-electron chi connectivity index (χ4n) is 3.82. The smallest absolute Gasteiger partial charge is 0.309 e. The first-order valence-corrected chi connectivity index (χ1v) is 11.7. The summed E-state index contributed by atoms with van der Waals surface area (Å²) >= 11 is 0. The van der Waals surface area contributed by atoms with Crippen molar-refractivity contribution in [2.75, 3.05) is 19.7 Å². The van der Waals surface area contributed by atoms with Crippen LogP contribution in [0.5, 0.6) is 0 Å². The monoisotopic (exact) mass is 393 g/mol. The van der Waals surface area contributed by atoms with Gasteiger partial charge in [0.2, 0.25) is 5.91 Å². The highest BCUT2D eigenvalue weighted by molar-refractivity contribution is 5.92. The maximum absolute atomic E-state index is 12.2. The van der Waals surface area contributed by atoms with E-state index in [2.05, 4.69) is 13.5 Å². The van der Waals surface area contributed by atoms with Gasteiger partial charge in [0.1, 0.15) is 0 Å². The van der Waals surface area contributed by atoms with Crippen molar-refractivity contribution in [2.45, 2.75) is 104 Å². The largest absolute Gasteiger partial charge is 0.465 e. The highest BCUT2D eigenvalue weighted by Gasteiger charge is 2.28. The van der Waals surface area contributed by atoms with Crippen molar-refractivity contribution in [3.63, 3.8) is 0 Å².